The predicted octanol–water partition coefficient (Wildman–Crippen LogP) is 2.75. The summed E-state index contributed by atoms with van der Waals surface area (Å²) in [7, 11) is 0. The van der Waals surface area contributed by atoms with Crippen molar-refractivity contribution in [3.8, 4) is 12.3 Å². The van der Waals surface area contributed by atoms with Crippen molar-refractivity contribution in [2.75, 3.05) is 13.2 Å². The van der Waals surface area contributed by atoms with E-state index in [1.165, 1.54) is 4.90 Å². The Hall–Kier alpha value is -3.05. The van der Waals surface area contributed by atoms with Crippen molar-refractivity contribution in [2.45, 2.75) is 78.1 Å². The molecule has 2 atom stereocenters. The topological polar surface area (TPSA) is 108 Å². The van der Waals surface area contributed by atoms with Crippen LogP contribution < -0.4 is 10.6 Å². The third-order valence-electron chi connectivity index (χ3n) is 4.61. The summed E-state index contributed by atoms with van der Waals surface area (Å²) in [5.41, 5.74) is 0.202. The molecule has 1 rings (SSSR count). The van der Waals surface area contributed by atoms with Crippen molar-refractivity contribution in [3.63, 3.8) is 0 Å². The molecule has 0 bridgehead atoms. The quantitative estimate of drug-likeness (QED) is 0.466. The van der Waals surface area contributed by atoms with E-state index >= 15 is 0 Å². The van der Waals surface area contributed by atoms with Gasteiger partial charge in [0.15, 0.2) is 0 Å². The van der Waals surface area contributed by atoms with Gasteiger partial charge in [0.05, 0.1) is 6.61 Å². The number of carbonyl (C=O) groups excluding carboxylic acids is 3. The van der Waals surface area contributed by atoms with Gasteiger partial charge in [-0.2, -0.15) is 0 Å². The zero-order chi connectivity index (χ0) is 25.2. The molecule has 3 N–H and O–H groups in total. The van der Waals surface area contributed by atoms with Crippen LogP contribution in [0.5, 0.6) is 0 Å². The van der Waals surface area contributed by atoms with Gasteiger partial charge in [0.25, 0.3) is 0 Å². The van der Waals surface area contributed by atoms with E-state index < -0.39 is 42.2 Å². The lowest BCUT2D eigenvalue weighted by atomic mass is 9.97. The molecule has 0 aliphatic rings. The Bertz CT molecular complexity index is 854. The van der Waals surface area contributed by atoms with Gasteiger partial charge in [-0.1, -0.05) is 37.5 Å². The van der Waals surface area contributed by atoms with E-state index in [4.69, 9.17) is 11.2 Å². The Balaban J connectivity index is 3.44. The lowest BCUT2D eigenvalue weighted by Gasteiger charge is -2.35. The van der Waals surface area contributed by atoms with Crippen LogP contribution >= 0.6 is 0 Å². The number of carbonyl (C=O) groups is 3. The van der Waals surface area contributed by atoms with Crippen LogP contribution in [0.3, 0.4) is 0 Å². The van der Waals surface area contributed by atoms with Crippen LogP contribution in [-0.4, -0.2) is 58.8 Å². The maximum atomic E-state index is 13.6. The first-order valence-electron chi connectivity index (χ1n) is 11.2. The van der Waals surface area contributed by atoms with Crippen LogP contribution in [0.25, 0.3) is 0 Å². The second-order valence-corrected chi connectivity index (χ2v) is 9.06. The zero-order valence-corrected chi connectivity index (χ0v) is 20.5. The van der Waals surface area contributed by atoms with Crippen LogP contribution in [0.2, 0.25) is 0 Å². The summed E-state index contributed by atoms with van der Waals surface area (Å²) in [5, 5.41) is 15.2. The van der Waals surface area contributed by atoms with E-state index in [0.717, 1.165) is 6.42 Å². The largest absolute Gasteiger partial charge is 0.444 e. The average molecular weight is 460 g/mol. The van der Waals surface area contributed by atoms with Crippen LogP contribution in [0, 0.1) is 12.3 Å². The van der Waals surface area contributed by atoms with Gasteiger partial charge in [0.2, 0.25) is 11.8 Å². The van der Waals surface area contributed by atoms with Gasteiger partial charge in [0.1, 0.15) is 17.7 Å². The van der Waals surface area contributed by atoms with Gasteiger partial charge in [0, 0.05) is 18.2 Å². The minimum absolute atomic E-state index is 0.172. The number of amides is 3. The highest BCUT2D eigenvalue weighted by Crippen LogP contribution is 2.26. The minimum Gasteiger partial charge on any atom is -0.444 e. The summed E-state index contributed by atoms with van der Waals surface area (Å²) >= 11 is 0. The number of aliphatic hydroxyl groups excluding tert-OH is 1. The Morgan fingerprint density at radius 3 is 2.33 bits per heavy atom. The van der Waals surface area contributed by atoms with Gasteiger partial charge in [-0.05, 0) is 52.7 Å². The summed E-state index contributed by atoms with van der Waals surface area (Å²) in [5.74, 6) is 1.58. The smallest absolute Gasteiger partial charge is 0.408 e. The molecule has 0 fully saturated rings. The number of hydrogen-bond donors (Lipinski definition) is 3. The number of unbranched alkanes of at least 4 members (excludes halogenated alkanes) is 1. The predicted molar refractivity (Wildman–Crippen MR) is 127 cm³/mol. The Morgan fingerprint density at radius 1 is 1.18 bits per heavy atom. The van der Waals surface area contributed by atoms with E-state index in [0.29, 0.717) is 17.5 Å². The monoisotopic (exact) mass is 459 g/mol. The second kappa shape index (κ2) is 12.9. The first-order chi connectivity index (χ1) is 15.4. The van der Waals surface area contributed by atoms with Crippen molar-refractivity contribution in [2.24, 2.45) is 0 Å². The Morgan fingerprint density at radius 2 is 1.82 bits per heavy atom. The van der Waals surface area contributed by atoms with Crippen molar-refractivity contribution >= 4 is 17.9 Å². The SMILES string of the molecule is C#Cc1ccccc1C(C(=O)NC(C)C)N(CCCC)C(=O)C(CO)NC(=O)OC(C)(C)C. The van der Waals surface area contributed by atoms with Crippen LogP contribution in [0.1, 0.15) is 71.6 Å². The molecule has 0 spiro atoms. The summed E-state index contributed by atoms with van der Waals surface area (Å²) in [6.45, 7) is 10.3. The molecule has 33 heavy (non-hydrogen) atoms. The molecule has 0 radical (unpaired) electrons. The minimum atomic E-state index is -1.29. The number of hydrogen-bond acceptors (Lipinski definition) is 5. The Kier molecular flexibility index (Phi) is 10.9. The van der Waals surface area contributed by atoms with Crippen molar-refractivity contribution < 1.29 is 24.2 Å². The van der Waals surface area contributed by atoms with Crippen LogP contribution in [0.4, 0.5) is 4.79 Å². The Labute approximate surface area is 197 Å². The molecule has 1 aromatic carbocycles. The van der Waals surface area contributed by atoms with Gasteiger partial charge >= 0.3 is 6.09 Å². The molecule has 0 saturated carbocycles. The van der Waals surface area contributed by atoms with E-state index in [2.05, 4.69) is 16.6 Å². The number of alkyl carbamates (subject to hydrolysis) is 1. The molecule has 0 aromatic heterocycles. The standard InChI is InChI=1S/C25H37N3O5/c1-8-10-15-28(23(31)20(16-29)27-24(32)33-25(5,6)7)21(22(30)26-17(3)4)19-14-12-11-13-18(19)9-2/h2,11-14,17,20-21,29H,8,10,15-16H2,1,3-7H3,(H,26,30)(H,27,32). The fourth-order valence-corrected chi connectivity index (χ4v) is 3.21. The number of nitrogens with zero attached hydrogens (tertiary/aromatic N) is 1. The van der Waals surface area contributed by atoms with Crippen LogP contribution in [-0.2, 0) is 14.3 Å². The normalized spacial score (nSPS) is 12.9. The summed E-state index contributed by atoms with van der Waals surface area (Å²) in [6, 6.07) is 4.43. The molecule has 0 aliphatic carbocycles. The summed E-state index contributed by atoms with van der Waals surface area (Å²) in [4.78, 5) is 40.5. The molecular formula is C25H37N3O5. The summed E-state index contributed by atoms with van der Waals surface area (Å²) in [6.07, 6.45) is 6.22. The first kappa shape index (κ1) is 28.0. The molecule has 0 saturated heterocycles. The second-order valence-electron chi connectivity index (χ2n) is 9.06. The third kappa shape index (κ3) is 8.78. The number of nitrogens with one attached hydrogen (secondary N) is 2. The maximum Gasteiger partial charge on any atom is 0.408 e. The van der Waals surface area contributed by atoms with E-state index in [9.17, 15) is 19.5 Å². The molecule has 1 aromatic rings. The molecule has 0 heterocycles. The van der Waals surface area contributed by atoms with Crippen LogP contribution in [0.15, 0.2) is 24.3 Å². The number of aliphatic hydroxyl groups is 1. The van der Waals surface area contributed by atoms with Gasteiger partial charge < -0.3 is 25.4 Å². The molecule has 0 aliphatic heterocycles. The van der Waals surface area contributed by atoms with Gasteiger partial charge in [-0.25, -0.2) is 4.79 Å². The maximum absolute atomic E-state index is 13.6. The average Bonchev–Trinajstić information content (AvgIpc) is 2.72. The molecule has 2 unspecified atom stereocenters. The number of rotatable bonds is 10. The van der Waals surface area contributed by atoms with E-state index in [1.807, 2.05) is 20.8 Å². The number of ether oxygens (including phenoxy) is 1. The molecule has 182 valence electrons. The number of terminal acetylenes is 1. The lowest BCUT2D eigenvalue weighted by molar-refractivity contribution is -0.143. The lowest BCUT2D eigenvalue weighted by Crippen LogP contribution is -2.55. The zero-order valence-electron chi connectivity index (χ0n) is 20.5. The molecule has 8 heteroatoms. The molecule has 8 nitrogen and oxygen atoms in total. The fourth-order valence-electron chi connectivity index (χ4n) is 3.21. The van der Waals surface area contributed by atoms with Crippen molar-refractivity contribution in [1.29, 1.82) is 0 Å². The van der Waals surface area contributed by atoms with Crippen molar-refractivity contribution in [1.82, 2.24) is 15.5 Å². The third-order valence-corrected chi connectivity index (χ3v) is 4.61. The number of benzene rings is 1. The van der Waals surface area contributed by atoms with Crippen molar-refractivity contribution in [3.05, 3.63) is 35.4 Å². The summed E-state index contributed by atoms with van der Waals surface area (Å²) < 4.78 is 5.23. The highest BCUT2D eigenvalue weighted by atomic mass is 16.6. The highest BCUT2D eigenvalue weighted by Gasteiger charge is 2.36. The fraction of sp³-hybridized carbons (Fsp3) is 0.560. The first-order valence-corrected chi connectivity index (χ1v) is 11.2. The van der Waals surface area contributed by atoms with Gasteiger partial charge in [-0.15, -0.1) is 6.42 Å². The highest BCUT2D eigenvalue weighted by molar-refractivity contribution is 5.92. The molecular weight excluding hydrogens is 422 g/mol. The molecule has 3 amide bonds. The van der Waals surface area contributed by atoms with E-state index in [-0.39, 0.29) is 12.6 Å². The van der Waals surface area contributed by atoms with Gasteiger partial charge in [-0.3, -0.25) is 9.59 Å². The van der Waals surface area contributed by atoms with E-state index in [1.54, 1.807) is 45.0 Å².